The summed E-state index contributed by atoms with van der Waals surface area (Å²) >= 11 is 0. The molecule has 0 aliphatic carbocycles. The zero-order valence-corrected chi connectivity index (χ0v) is 9.70. The lowest BCUT2D eigenvalue weighted by molar-refractivity contribution is 0.581. The molecule has 84 valence electrons. The van der Waals surface area contributed by atoms with Crippen molar-refractivity contribution in [1.82, 2.24) is 4.98 Å². The van der Waals surface area contributed by atoms with Crippen LogP contribution in [0.5, 0.6) is 0 Å². The Labute approximate surface area is 95.7 Å². The molecule has 0 spiro atoms. The highest BCUT2D eigenvalue weighted by Gasteiger charge is 2.15. The summed E-state index contributed by atoms with van der Waals surface area (Å²) in [6, 6.07) is 10.1. The van der Waals surface area contributed by atoms with Crippen molar-refractivity contribution in [3.63, 3.8) is 0 Å². The van der Waals surface area contributed by atoms with Crippen molar-refractivity contribution in [2.24, 2.45) is 5.73 Å². The number of nitrogens with two attached hydrogens (primary N) is 1. The second-order valence-electron chi connectivity index (χ2n) is 4.59. The minimum Gasteiger partial charge on any atom is -0.378 e. The van der Waals surface area contributed by atoms with Crippen LogP contribution in [0.2, 0.25) is 0 Å². The zero-order valence-electron chi connectivity index (χ0n) is 9.70. The topological polar surface area (TPSA) is 50.9 Å². The minimum atomic E-state index is -0.107. The van der Waals surface area contributed by atoms with Crippen molar-refractivity contribution >= 4 is 16.6 Å². The molecule has 1 aromatic carbocycles. The Morgan fingerprint density at radius 1 is 1.25 bits per heavy atom. The van der Waals surface area contributed by atoms with Gasteiger partial charge in [-0.2, -0.15) is 0 Å². The standard InChI is InChI=1S/C13H17N3/c1-13(2,9-14)16-12-7-8-15-11-6-4-3-5-10(11)12/h3-8H,9,14H2,1-2H3,(H,15,16). The maximum atomic E-state index is 5.72. The molecule has 1 aromatic heterocycles. The van der Waals surface area contributed by atoms with E-state index in [1.807, 2.05) is 30.5 Å². The monoisotopic (exact) mass is 215 g/mol. The van der Waals surface area contributed by atoms with Gasteiger partial charge >= 0.3 is 0 Å². The SMILES string of the molecule is CC(C)(CN)Nc1ccnc2ccccc12. The first-order valence-electron chi connectivity index (χ1n) is 5.44. The number of para-hydroxylation sites is 1. The van der Waals surface area contributed by atoms with Crippen LogP contribution in [-0.4, -0.2) is 17.1 Å². The van der Waals surface area contributed by atoms with Gasteiger partial charge in [-0.3, -0.25) is 4.98 Å². The number of rotatable bonds is 3. The molecule has 0 aliphatic heterocycles. The van der Waals surface area contributed by atoms with Crippen LogP contribution in [0, 0.1) is 0 Å². The average molecular weight is 215 g/mol. The van der Waals surface area contributed by atoms with Crippen molar-refractivity contribution in [2.45, 2.75) is 19.4 Å². The maximum Gasteiger partial charge on any atom is 0.0722 e. The van der Waals surface area contributed by atoms with Crippen LogP contribution in [0.3, 0.4) is 0 Å². The second kappa shape index (κ2) is 4.10. The van der Waals surface area contributed by atoms with Gasteiger partial charge in [0.05, 0.1) is 5.52 Å². The number of pyridine rings is 1. The lowest BCUT2D eigenvalue weighted by Gasteiger charge is -2.26. The Kier molecular flexibility index (Phi) is 2.79. The van der Waals surface area contributed by atoms with Gasteiger partial charge < -0.3 is 11.1 Å². The van der Waals surface area contributed by atoms with Crippen molar-refractivity contribution in [3.05, 3.63) is 36.5 Å². The minimum absolute atomic E-state index is 0.107. The van der Waals surface area contributed by atoms with E-state index in [4.69, 9.17) is 5.73 Å². The van der Waals surface area contributed by atoms with Gasteiger partial charge in [-0.25, -0.2) is 0 Å². The summed E-state index contributed by atoms with van der Waals surface area (Å²) in [4.78, 5) is 4.33. The first kappa shape index (κ1) is 10.9. The number of benzene rings is 1. The quantitative estimate of drug-likeness (QED) is 0.826. The number of hydrogen-bond donors (Lipinski definition) is 2. The van der Waals surface area contributed by atoms with E-state index in [9.17, 15) is 0 Å². The molecule has 0 aliphatic rings. The molecule has 2 aromatic rings. The first-order chi connectivity index (χ1) is 7.62. The smallest absolute Gasteiger partial charge is 0.0722 e. The Morgan fingerprint density at radius 3 is 2.75 bits per heavy atom. The number of fused-ring (bicyclic) bond motifs is 1. The summed E-state index contributed by atoms with van der Waals surface area (Å²) in [7, 11) is 0. The molecule has 1 heterocycles. The van der Waals surface area contributed by atoms with Crippen LogP contribution in [0.25, 0.3) is 10.9 Å². The molecule has 3 nitrogen and oxygen atoms in total. The molecule has 0 radical (unpaired) electrons. The molecule has 0 unspecified atom stereocenters. The average Bonchev–Trinajstić information content (AvgIpc) is 2.29. The van der Waals surface area contributed by atoms with Gasteiger partial charge in [0.25, 0.3) is 0 Å². The molecule has 0 amide bonds. The van der Waals surface area contributed by atoms with Gasteiger partial charge in [0.1, 0.15) is 0 Å². The summed E-state index contributed by atoms with van der Waals surface area (Å²) in [6.45, 7) is 4.76. The molecule has 0 atom stereocenters. The highest BCUT2D eigenvalue weighted by molar-refractivity contribution is 5.91. The number of hydrogen-bond acceptors (Lipinski definition) is 3. The largest absolute Gasteiger partial charge is 0.378 e. The highest BCUT2D eigenvalue weighted by Crippen LogP contribution is 2.23. The summed E-state index contributed by atoms with van der Waals surface area (Å²) < 4.78 is 0. The molecule has 0 saturated carbocycles. The second-order valence-corrected chi connectivity index (χ2v) is 4.59. The molecule has 3 N–H and O–H groups in total. The van der Waals surface area contributed by atoms with E-state index in [1.54, 1.807) is 0 Å². The van der Waals surface area contributed by atoms with E-state index >= 15 is 0 Å². The number of aromatic nitrogens is 1. The third-order valence-electron chi connectivity index (χ3n) is 2.63. The lowest BCUT2D eigenvalue weighted by atomic mass is 10.0. The van der Waals surface area contributed by atoms with Crippen molar-refractivity contribution in [2.75, 3.05) is 11.9 Å². The van der Waals surface area contributed by atoms with E-state index in [0.29, 0.717) is 6.54 Å². The number of anilines is 1. The molecule has 0 bridgehead atoms. The van der Waals surface area contributed by atoms with Crippen molar-refractivity contribution < 1.29 is 0 Å². The fraction of sp³-hybridized carbons (Fsp3) is 0.308. The Morgan fingerprint density at radius 2 is 2.00 bits per heavy atom. The first-order valence-corrected chi connectivity index (χ1v) is 5.44. The van der Waals surface area contributed by atoms with Crippen LogP contribution in [-0.2, 0) is 0 Å². The van der Waals surface area contributed by atoms with Crippen LogP contribution >= 0.6 is 0 Å². The van der Waals surface area contributed by atoms with Gasteiger partial charge in [0, 0.05) is 29.4 Å². The van der Waals surface area contributed by atoms with E-state index in [-0.39, 0.29) is 5.54 Å². The molecular weight excluding hydrogens is 198 g/mol. The van der Waals surface area contributed by atoms with E-state index in [1.165, 1.54) is 0 Å². The van der Waals surface area contributed by atoms with Crippen LogP contribution < -0.4 is 11.1 Å². The molecule has 0 fully saturated rings. The molecule has 2 rings (SSSR count). The third kappa shape index (κ3) is 2.14. The van der Waals surface area contributed by atoms with Crippen LogP contribution in [0.1, 0.15) is 13.8 Å². The Hall–Kier alpha value is -1.61. The Balaban J connectivity index is 2.45. The predicted molar refractivity (Wildman–Crippen MR) is 68.5 cm³/mol. The Bertz CT molecular complexity index is 486. The van der Waals surface area contributed by atoms with Gasteiger partial charge in [0.15, 0.2) is 0 Å². The molecular formula is C13H17N3. The fourth-order valence-corrected chi connectivity index (χ4v) is 1.62. The highest BCUT2D eigenvalue weighted by atomic mass is 15.0. The van der Waals surface area contributed by atoms with Gasteiger partial charge in [0.2, 0.25) is 0 Å². The van der Waals surface area contributed by atoms with Gasteiger partial charge in [-0.15, -0.1) is 0 Å². The van der Waals surface area contributed by atoms with E-state index < -0.39 is 0 Å². The summed E-state index contributed by atoms with van der Waals surface area (Å²) in [5.41, 5.74) is 7.70. The van der Waals surface area contributed by atoms with Gasteiger partial charge in [-0.05, 0) is 26.0 Å². The molecule has 3 heteroatoms. The third-order valence-corrected chi connectivity index (χ3v) is 2.63. The van der Waals surface area contributed by atoms with Crippen LogP contribution in [0.15, 0.2) is 36.5 Å². The van der Waals surface area contributed by atoms with Crippen LogP contribution in [0.4, 0.5) is 5.69 Å². The van der Waals surface area contributed by atoms with E-state index in [0.717, 1.165) is 16.6 Å². The number of nitrogens with one attached hydrogen (secondary N) is 1. The maximum absolute atomic E-state index is 5.72. The molecule has 16 heavy (non-hydrogen) atoms. The number of nitrogens with zero attached hydrogens (tertiary/aromatic N) is 1. The molecule has 0 saturated heterocycles. The normalized spacial score (nSPS) is 11.7. The van der Waals surface area contributed by atoms with Crippen molar-refractivity contribution in [1.29, 1.82) is 0 Å². The lowest BCUT2D eigenvalue weighted by Crippen LogP contribution is -2.39. The summed E-state index contributed by atoms with van der Waals surface area (Å²) in [5, 5.41) is 4.58. The fourth-order valence-electron chi connectivity index (χ4n) is 1.62. The van der Waals surface area contributed by atoms with Crippen molar-refractivity contribution in [3.8, 4) is 0 Å². The summed E-state index contributed by atoms with van der Waals surface area (Å²) in [6.07, 6.45) is 1.82. The predicted octanol–water partition coefficient (Wildman–Crippen LogP) is 2.38. The van der Waals surface area contributed by atoms with Gasteiger partial charge in [-0.1, -0.05) is 18.2 Å². The van der Waals surface area contributed by atoms with E-state index in [2.05, 4.69) is 30.2 Å². The summed E-state index contributed by atoms with van der Waals surface area (Å²) in [5.74, 6) is 0. The zero-order chi connectivity index (χ0) is 11.6.